The van der Waals surface area contributed by atoms with Crippen LogP contribution < -0.4 is 0 Å². The van der Waals surface area contributed by atoms with Gasteiger partial charge in [-0.3, -0.25) is 9.89 Å². The third-order valence-corrected chi connectivity index (χ3v) is 3.53. The maximum absolute atomic E-state index is 12.8. The van der Waals surface area contributed by atoms with E-state index in [9.17, 15) is 18.0 Å². The van der Waals surface area contributed by atoms with Crippen molar-refractivity contribution in [3.05, 3.63) is 40.6 Å². The van der Waals surface area contributed by atoms with Gasteiger partial charge in [-0.2, -0.15) is 18.3 Å². The normalized spacial score (nSPS) is 13.7. The number of halogens is 3. The average molecular weight is 294 g/mol. The SMILES string of the molecule is CC(C)Cc1[nH]nc2c1C(=O)c1cc(C(F)(F)F)ccc1-2. The van der Waals surface area contributed by atoms with E-state index in [2.05, 4.69) is 10.2 Å². The van der Waals surface area contributed by atoms with Gasteiger partial charge in [0.05, 0.1) is 11.1 Å². The van der Waals surface area contributed by atoms with E-state index in [4.69, 9.17) is 0 Å². The van der Waals surface area contributed by atoms with Crippen LogP contribution in [0.25, 0.3) is 11.3 Å². The molecule has 21 heavy (non-hydrogen) atoms. The Balaban J connectivity index is 2.10. The number of alkyl halides is 3. The predicted molar refractivity (Wildman–Crippen MR) is 71.0 cm³/mol. The molecule has 0 saturated heterocycles. The molecule has 2 aromatic rings. The van der Waals surface area contributed by atoms with Crippen LogP contribution in [0, 0.1) is 5.92 Å². The molecule has 0 unspecified atom stereocenters. The van der Waals surface area contributed by atoms with E-state index in [-0.39, 0.29) is 11.3 Å². The van der Waals surface area contributed by atoms with E-state index in [1.165, 1.54) is 6.07 Å². The van der Waals surface area contributed by atoms with Crippen molar-refractivity contribution in [3.8, 4) is 11.3 Å². The number of aromatic nitrogens is 2. The molecule has 1 heterocycles. The number of nitrogens with one attached hydrogen (secondary N) is 1. The highest BCUT2D eigenvalue weighted by atomic mass is 19.4. The van der Waals surface area contributed by atoms with E-state index in [0.717, 1.165) is 12.1 Å². The first-order chi connectivity index (χ1) is 9.79. The Morgan fingerprint density at radius 2 is 1.95 bits per heavy atom. The summed E-state index contributed by atoms with van der Waals surface area (Å²) in [6, 6.07) is 3.22. The molecule has 0 spiro atoms. The molecule has 6 heteroatoms. The van der Waals surface area contributed by atoms with Crippen molar-refractivity contribution in [3.63, 3.8) is 0 Å². The van der Waals surface area contributed by atoms with Gasteiger partial charge in [0.2, 0.25) is 0 Å². The zero-order valence-electron chi connectivity index (χ0n) is 11.5. The number of nitrogens with zero attached hydrogens (tertiary/aromatic N) is 1. The Hall–Kier alpha value is -2.11. The second-order valence-corrected chi connectivity index (χ2v) is 5.61. The fraction of sp³-hybridized carbons (Fsp3) is 0.333. The van der Waals surface area contributed by atoms with Crippen molar-refractivity contribution in [2.75, 3.05) is 0 Å². The number of carbonyl (C=O) groups excluding carboxylic acids is 1. The lowest BCUT2D eigenvalue weighted by Gasteiger charge is -2.08. The summed E-state index contributed by atoms with van der Waals surface area (Å²) >= 11 is 0. The molecular formula is C15H13F3N2O. The minimum Gasteiger partial charge on any atom is -0.288 e. The van der Waals surface area contributed by atoms with Crippen LogP contribution in [0.4, 0.5) is 13.2 Å². The maximum atomic E-state index is 12.8. The number of ketones is 1. The van der Waals surface area contributed by atoms with Crippen molar-refractivity contribution < 1.29 is 18.0 Å². The monoisotopic (exact) mass is 294 g/mol. The summed E-state index contributed by atoms with van der Waals surface area (Å²) in [5, 5.41) is 6.94. The van der Waals surface area contributed by atoms with Crippen molar-refractivity contribution >= 4 is 5.78 Å². The summed E-state index contributed by atoms with van der Waals surface area (Å²) in [6.07, 6.45) is -3.82. The second kappa shape index (κ2) is 4.44. The summed E-state index contributed by atoms with van der Waals surface area (Å²) in [7, 11) is 0. The first kappa shape index (κ1) is 13.9. The fourth-order valence-corrected chi connectivity index (χ4v) is 2.62. The molecule has 1 aromatic heterocycles. The minimum atomic E-state index is -4.46. The first-order valence-electron chi connectivity index (χ1n) is 6.62. The number of aromatic amines is 1. The molecule has 3 nitrogen and oxygen atoms in total. The van der Waals surface area contributed by atoms with Crippen molar-refractivity contribution in [1.29, 1.82) is 0 Å². The van der Waals surface area contributed by atoms with Gasteiger partial charge in [-0.05, 0) is 24.5 Å². The zero-order valence-corrected chi connectivity index (χ0v) is 11.5. The molecule has 3 rings (SSSR count). The number of fused-ring (bicyclic) bond motifs is 3. The second-order valence-electron chi connectivity index (χ2n) is 5.61. The Morgan fingerprint density at radius 1 is 1.24 bits per heavy atom. The van der Waals surface area contributed by atoms with E-state index in [0.29, 0.717) is 34.9 Å². The van der Waals surface area contributed by atoms with E-state index in [1.54, 1.807) is 0 Å². The molecule has 0 radical (unpaired) electrons. The number of rotatable bonds is 2. The fourth-order valence-electron chi connectivity index (χ4n) is 2.62. The predicted octanol–water partition coefficient (Wildman–Crippen LogP) is 3.84. The van der Waals surface area contributed by atoms with Crippen LogP contribution in [0.5, 0.6) is 0 Å². The molecule has 0 aliphatic heterocycles. The van der Waals surface area contributed by atoms with Crippen LogP contribution in [-0.2, 0) is 12.6 Å². The van der Waals surface area contributed by atoms with Crippen LogP contribution in [0.1, 0.15) is 41.0 Å². The third kappa shape index (κ3) is 2.14. The van der Waals surface area contributed by atoms with Crippen LogP contribution in [0.3, 0.4) is 0 Å². The number of benzene rings is 1. The molecule has 1 aromatic carbocycles. The summed E-state index contributed by atoms with van der Waals surface area (Å²) in [6.45, 7) is 4.00. The molecule has 0 fully saturated rings. The molecule has 0 amide bonds. The molecular weight excluding hydrogens is 281 g/mol. The smallest absolute Gasteiger partial charge is 0.288 e. The first-order valence-corrected chi connectivity index (χ1v) is 6.62. The topological polar surface area (TPSA) is 45.8 Å². The quantitative estimate of drug-likeness (QED) is 0.780. The van der Waals surface area contributed by atoms with E-state index >= 15 is 0 Å². The van der Waals surface area contributed by atoms with Gasteiger partial charge in [-0.25, -0.2) is 0 Å². The van der Waals surface area contributed by atoms with Gasteiger partial charge in [-0.1, -0.05) is 19.9 Å². The number of carbonyl (C=O) groups is 1. The van der Waals surface area contributed by atoms with Crippen molar-refractivity contribution in [2.24, 2.45) is 5.92 Å². The highest BCUT2D eigenvalue weighted by Gasteiger charge is 2.36. The van der Waals surface area contributed by atoms with Gasteiger partial charge in [0, 0.05) is 16.8 Å². The zero-order chi connectivity index (χ0) is 15.4. The van der Waals surface area contributed by atoms with Crippen LogP contribution in [0.2, 0.25) is 0 Å². The minimum absolute atomic E-state index is 0.0846. The van der Waals surface area contributed by atoms with Gasteiger partial charge in [0.1, 0.15) is 5.69 Å². The molecule has 1 N–H and O–H groups in total. The Kier molecular flexibility index (Phi) is 2.93. The molecule has 0 atom stereocenters. The Labute approximate surface area is 119 Å². The lowest BCUT2D eigenvalue weighted by molar-refractivity contribution is -0.137. The largest absolute Gasteiger partial charge is 0.416 e. The van der Waals surface area contributed by atoms with Gasteiger partial charge in [-0.15, -0.1) is 0 Å². The number of H-pyrrole nitrogens is 1. The molecule has 0 saturated carbocycles. The Morgan fingerprint density at radius 3 is 2.57 bits per heavy atom. The van der Waals surface area contributed by atoms with E-state index in [1.807, 2.05) is 13.8 Å². The summed E-state index contributed by atoms with van der Waals surface area (Å²) in [4.78, 5) is 12.4. The maximum Gasteiger partial charge on any atom is 0.416 e. The summed E-state index contributed by atoms with van der Waals surface area (Å²) in [5.41, 5.74) is 1.30. The highest BCUT2D eigenvalue weighted by Crippen LogP contribution is 2.40. The van der Waals surface area contributed by atoms with Gasteiger partial charge in [0.15, 0.2) is 5.78 Å². The van der Waals surface area contributed by atoms with Gasteiger partial charge >= 0.3 is 6.18 Å². The van der Waals surface area contributed by atoms with Crippen LogP contribution >= 0.6 is 0 Å². The molecule has 110 valence electrons. The van der Waals surface area contributed by atoms with Gasteiger partial charge in [0.25, 0.3) is 0 Å². The standard InChI is InChI=1S/C15H13F3N2O/c1-7(2)5-11-12-13(20-19-11)9-4-3-8(15(16,17)18)6-10(9)14(12)21/h3-4,6-7H,5H2,1-2H3,(H,19,20). The van der Waals surface area contributed by atoms with Crippen LogP contribution in [-0.4, -0.2) is 16.0 Å². The summed E-state index contributed by atoms with van der Waals surface area (Å²) in [5.74, 6) is -0.0627. The van der Waals surface area contributed by atoms with Gasteiger partial charge < -0.3 is 0 Å². The van der Waals surface area contributed by atoms with E-state index < -0.39 is 11.7 Å². The Bertz CT molecular complexity index is 729. The average Bonchev–Trinajstić information content (AvgIpc) is 2.89. The lowest BCUT2D eigenvalue weighted by atomic mass is 10.0. The number of hydrogen-bond donors (Lipinski definition) is 1. The van der Waals surface area contributed by atoms with Crippen molar-refractivity contribution in [2.45, 2.75) is 26.4 Å². The van der Waals surface area contributed by atoms with Crippen LogP contribution in [0.15, 0.2) is 18.2 Å². The summed E-state index contributed by atoms with van der Waals surface area (Å²) < 4.78 is 38.3. The number of hydrogen-bond acceptors (Lipinski definition) is 2. The molecule has 0 bridgehead atoms. The highest BCUT2D eigenvalue weighted by molar-refractivity contribution is 6.21. The third-order valence-electron chi connectivity index (χ3n) is 3.53. The van der Waals surface area contributed by atoms with Crippen molar-refractivity contribution in [1.82, 2.24) is 10.2 Å². The lowest BCUT2D eigenvalue weighted by Crippen LogP contribution is -2.07. The molecule has 1 aliphatic rings. The molecule has 1 aliphatic carbocycles.